The molecule has 0 bridgehead atoms. The van der Waals surface area contributed by atoms with Gasteiger partial charge in [-0.05, 0) is 38.2 Å². The molecule has 1 spiro atoms. The molecule has 7 heteroatoms. The summed E-state index contributed by atoms with van der Waals surface area (Å²) in [4.78, 5) is 29.6. The van der Waals surface area contributed by atoms with Crippen LogP contribution in [0.2, 0.25) is 0 Å². The fraction of sp³-hybridized carbons (Fsp3) is 0.619. The van der Waals surface area contributed by atoms with Gasteiger partial charge in [0.15, 0.2) is 11.6 Å². The lowest BCUT2D eigenvalue weighted by Crippen LogP contribution is -2.50. The predicted octanol–water partition coefficient (Wildman–Crippen LogP) is 2.73. The Morgan fingerprint density at radius 2 is 1.96 bits per heavy atom. The first-order chi connectivity index (χ1) is 13.5. The van der Waals surface area contributed by atoms with Crippen LogP contribution in [-0.4, -0.2) is 54.5 Å². The second kappa shape index (κ2) is 7.78. The summed E-state index contributed by atoms with van der Waals surface area (Å²) in [5.41, 5.74) is -0.387. The summed E-state index contributed by atoms with van der Waals surface area (Å²) >= 11 is 0. The molecule has 3 aliphatic heterocycles. The van der Waals surface area contributed by atoms with Gasteiger partial charge in [0.05, 0.1) is 5.41 Å². The largest absolute Gasteiger partial charge is 0.381 e. The molecule has 152 valence electrons. The number of hydrogen-bond donors (Lipinski definition) is 0. The molecule has 0 aromatic heterocycles. The van der Waals surface area contributed by atoms with Gasteiger partial charge < -0.3 is 14.5 Å². The Kier molecular flexibility index (Phi) is 5.36. The van der Waals surface area contributed by atoms with Crippen molar-refractivity contribution in [1.29, 1.82) is 0 Å². The first-order valence-corrected chi connectivity index (χ1v) is 10.1. The van der Waals surface area contributed by atoms with Gasteiger partial charge in [0, 0.05) is 50.9 Å². The van der Waals surface area contributed by atoms with E-state index >= 15 is 0 Å². The third-order valence-corrected chi connectivity index (χ3v) is 6.45. The summed E-state index contributed by atoms with van der Waals surface area (Å²) in [7, 11) is 0. The average Bonchev–Trinajstić information content (AvgIpc) is 3.14. The van der Waals surface area contributed by atoms with Crippen LogP contribution in [0.5, 0.6) is 0 Å². The van der Waals surface area contributed by atoms with Crippen molar-refractivity contribution in [2.24, 2.45) is 11.3 Å². The smallest absolute Gasteiger partial charge is 0.230 e. The number of ether oxygens (including phenoxy) is 1. The third-order valence-electron chi connectivity index (χ3n) is 6.45. The van der Waals surface area contributed by atoms with Crippen LogP contribution in [0.1, 0.15) is 37.7 Å². The summed E-state index contributed by atoms with van der Waals surface area (Å²) in [6.07, 6.45) is 3.67. The van der Waals surface area contributed by atoms with Gasteiger partial charge >= 0.3 is 0 Å². The Bertz CT molecular complexity index is 766. The summed E-state index contributed by atoms with van der Waals surface area (Å²) in [5, 5.41) is 0. The highest BCUT2D eigenvalue weighted by Crippen LogP contribution is 2.41. The van der Waals surface area contributed by atoms with Crippen molar-refractivity contribution in [2.45, 2.75) is 38.6 Å². The van der Waals surface area contributed by atoms with Gasteiger partial charge in [0.2, 0.25) is 11.8 Å². The number of piperidine rings is 1. The minimum Gasteiger partial charge on any atom is -0.381 e. The van der Waals surface area contributed by atoms with Crippen molar-refractivity contribution >= 4 is 11.8 Å². The Balaban J connectivity index is 1.45. The maximum atomic E-state index is 14.1. The van der Waals surface area contributed by atoms with E-state index in [-0.39, 0.29) is 29.8 Å². The molecule has 0 radical (unpaired) electrons. The Morgan fingerprint density at radius 1 is 1.18 bits per heavy atom. The summed E-state index contributed by atoms with van der Waals surface area (Å²) in [6.45, 7) is 2.85. The van der Waals surface area contributed by atoms with Crippen LogP contribution >= 0.6 is 0 Å². The highest BCUT2D eigenvalue weighted by Gasteiger charge is 2.50. The monoisotopic (exact) mass is 392 g/mol. The summed E-state index contributed by atoms with van der Waals surface area (Å²) in [6, 6.07) is 4.06. The molecular formula is C21H26F2N2O3. The van der Waals surface area contributed by atoms with Crippen LogP contribution in [0, 0.1) is 23.0 Å². The maximum absolute atomic E-state index is 14.1. The fourth-order valence-electron chi connectivity index (χ4n) is 4.82. The number of carbonyl (C=O) groups excluding carboxylic acids is 2. The molecule has 3 aliphatic rings. The zero-order valence-corrected chi connectivity index (χ0v) is 16.0. The SMILES string of the molecule is O=C(C1CCOCC1)N1CC[C@]2(CCCN(Cc3cccc(F)c3F)C2=O)C1. The van der Waals surface area contributed by atoms with Gasteiger partial charge in [-0.25, -0.2) is 8.78 Å². The molecular weight excluding hydrogens is 366 g/mol. The Hall–Kier alpha value is -2.02. The topological polar surface area (TPSA) is 49.9 Å². The molecule has 2 amide bonds. The van der Waals surface area contributed by atoms with Crippen molar-refractivity contribution in [2.75, 3.05) is 32.8 Å². The highest BCUT2D eigenvalue weighted by atomic mass is 19.2. The summed E-state index contributed by atoms with van der Waals surface area (Å²) < 4.78 is 32.9. The second-order valence-electron chi connectivity index (χ2n) is 8.22. The molecule has 0 aliphatic carbocycles. The number of hydrogen-bond acceptors (Lipinski definition) is 3. The van der Waals surface area contributed by atoms with Crippen LogP contribution in [0.3, 0.4) is 0 Å². The number of carbonyl (C=O) groups is 2. The van der Waals surface area contributed by atoms with E-state index in [1.54, 1.807) is 4.90 Å². The standard InChI is InChI=1S/C21H26F2N2O3/c22-17-4-1-3-16(18(17)23)13-24-9-2-7-21(20(24)27)8-10-25(14-21)19(26)15-5-11-28-12-6-15/h1,3-4,15H,2,5-14H2/t21-/m1/s1. The van der Waals surface area contributed by atoms with Gasteiger partial charge in [-0.1, -0.05) is 12.1 Å². The lowest BCUT2D eigenvalue weighted by atomic mass is 9.78. The van der Waals surface area contributed by atoms with Crippen LogP contribution in [0.15, 0.2) is 18.2 Å². The number of benzene rings is 1. The van der Waals surface area contributed by atoms with Crippen LogP contribution in [0.4, 0.5) is 8.78 Å². The molecule has 3 heterocycles. The maximum Gasteiger partial charge on any atom is 0.230 e. The van der Waals surface area contributed by atoms with Crippen LogP contribution < -0.4 is 0 Å². The molecule has 28 heavy (non-hydrogen) atoms. The van der Waals surface area contributed by atoms with Crippen molar-refractivity contribution in [1.82, 2.24) is 9.80 Å². The zero-order valence-electron chi connectivity index (χ0n) is 16.0. The molecule has 3 saturated heterocycles. The molecule has 1 aromatic carbocycles. The van der Waals surface area contributed by atoms with E-state index < -0.39 is 17.0 Å². The first-order valence-electron chi connectivity index (χ1n) is 10.1. The Morgan fingerprint density at radius 3 is 2.75 bits per heavy atom. The first kappa shape index (κ1) is 19.3. The molecule has 0 N–H and O–H groups in total. The van der Waals surface area contributed by atoms with E-state index in [1.807, 2.05) is 4.90 Å². The van der Waals surface area contributed by atoms with E-state index in [9.17, 15) is 18.4 Å². The van der Waals surface area contributed by atoms with Crippen LogP contribution in [0.25, 0.3) is 0 Å². The van der Waals surface area contributed by atoms with Crippen molar-refractivity contribution in [3.8, 4) is 0 Å². The molecule has 1 atom stereocenters. The molecule has 1 aromatic rings. The van der Waals surface area contributed by atoms with Gasteiger partial charge in [0.1, 0.15) is 0 Å². The van der Waals surface area contributed by atoms with Gasteiger partial charge in [-0.2, -0.15) is 0 Å². The minimum atomic E-state index is -0.897. The van der Waals surface area contributed by atoms with Gasteiger partial charge in [-0.3, -0.25) is 9.59 Å². The molecule has 0 unspecified atom stereocenters. The van der Waals surface area contributed by atoms with Gasteiger partial charge in [-0.15, -0.1) is 0 Å². The van der Waals surface area contributed by atoms with E-state index in [4.69, 9.17) is 4.74 Å². The predicted molar refractivity (Wildman–Crippen MR) is 98.2 cm³/mol. The third kappa shape index (κ3) is 3.52. The highest BCUT2D eigenvalue weighted by molar-refractivity contribution is 5.86. The number of nitrogens with zero attached hydrogens (tertiary/aromatic N) is 2. The number of amides is 2. The minimum absolute atomic E-state index is 0.0138. The van der Waals surface area contributed by atoms with E-state index in [1.165, 1.54) is 12.1 Å². The van der Waals surface area contributed by atoms with E-state index in [2.05, 4.69) is 0 Å². The van der Waals surface area contributed by atoms with Crippen LogP contribution in [-0.2, 0) is 20.9 Å². The molecule has 4 rings (SSSR count). The zero-order chi connectivity index (χ0) is 19.7. The van der Waals surface area contributed by atoms with Crippen molar-refractivity contribution in [3.05, 3.63) is 35.4 Å². The molecule has 3 fully saturated rings. The summed E-state index contributed by atoms with van der Waals surface area (Å²) in [5.74, 6) is -1.71. The van der Waals surface area contributed by atoms with Crippen molar-refractivity contribution < 1.29 is 23.1 Å². The quantitative estimate of drug-likeness (QED) is 0.795. The number of halogens is 2. The second-order valence-corrected chi connectivity index (χ2v) is 8.22. The van der Waals surface area contributed by atoms with E-state index in [0.29, 0.717) is 39.3 Å². The van der Waals surface area contributed by atoms with E-state index in [0.717, 1.165) is 31.7 Å². The normalized spacial score (nSPS) is 26.3. The molecule has 5 nitrogen and oxygen atoms in total. The van der Waals surface area contributed by atoms with Crippen molar-refractivity contribution in [3.63, 3.8) is 0 Å². The lowest BCUT2D eigenvalue weighted by Gasteiger charge is -2.39. The lowest BCUT2D eigenvalue weighted by molar-refractivity contribution is -0.147. The number of likely N-dealkylation sites (tertiary alicyclic amines) is 2. The molecule has 0 saturated carbocycles. The van der Waals surface area contributed by atoms with Gasteiger partial charge in [0.25, 0.3) is 0 Å². The number of rotatable bonds is 3. The fourth-order valence-corrected chi connectivity index (χ4v) is 4.82. The average molecular weight is 392 g/mol. The Labute approximate surface area is 163 Å².